The van der Waals surface area contributed by atoms with Crippen LogP contribution in [0.5, 0.6) is 11.5 Å². The lowest BCUT2D eigenvalue weighted by atomic mass is 10.0. The highest BCUT2D eigenvalue weighted by atomic mass is 35.5. The summed E-state index contributed by atoms with van der Waals surface area (Å²) in [5.41, 5.74) is 2.09. The zero-order chi connectivity index (χ0) is 20.2. The van der Waals surface area contributed by atoms with E-state index >= 15 is 0 Å². The number of hydrogen-bond donors (Lipinski definition) is 0. The first-order chi connectivity index (χ1) is 13.9. The number of benzene rings is 2. The largest absolute Gasteiger partial charge is 0.478 e. The molecular formula is C21H18ClNO5S. The molecule has 1 fully saturated rings. The summed E-state index contributed by atoms with van der Waals surface area (Å²) in [7, 11) is -2.99. The fourth-order valence-electron chi connectivity index (χ4n) is 3.98. The fourth-order valence-corrected chi connectivity index (χ4v) is 5.87. The molecule has 3 aliphatic rings. The van der Waals surface area contributed by atoms with Gasteiger partial charge in [-0.05, 0) is 42.3 Å². The lowest BCUT2D eigenvalue weighted by Crippen LogP contribution is -2.41. The number of allylic oxidation sites excluding steroid dienone is 1. The molecule has 3 aliphatic heterocycles. The first kappa shape index (κ1) is 18.7. The van der Waals surface area contributed by atoms with Gasteiger partial charge in [0, 0.05) is 17.6 Å². The van der Waals surface area contributed by atoms with E-state index in [4.69, 9.17) is 21.1 Å². The minimum Gasteiger partial charge on any atom is -0.478 e. The second-order valence-electron chi connectivity index (χ2n) is 7.49. The van der Waals surface area contributed by atoms with Crippen LogP contribution in [0.1, 0.15) is 27.9 Å². The lowest BCUT2D eigenvalue weighted by molar-refractivity contribution is 0.0634. The molecule has 0 saturated carbocycles. The van der Waals surface area contributed by atoms with Gasteiger partial charge in [0.1, 0.15) is 18.2 Å². The highest BCUT2D eigenvalue weighted by Crippen LogP contribution is 2.42. The summed E-state index contributed by atoms with van der Waals surface area (Å²) in [4.78, 5) is 14.8. The van der Waals surface area contributed by atoms with Crippen molar-refractivity contribution in [3.8, 4) is 11.5 Å². The molecule has 0 spiro atoms. The number of nitrogens with zero attached hydrogens (tertiary/aromatic N) is 1. The molecule has 8 heteroatoms. The molecule has 0 bridgehead atoms. The molecule has 0 aromatic heterocycles. The highest BCUT2D eigenvalue weighted by molar-refractivity contribution is 7.91. The second-order valence-corrected chi connectivity index (χ2v) is 10.2. The molecule has 3 heterocycles. The average molecular weight is 432 g/mol. The minimum atomic E-state index is -2.99. The quantitative estimate of drug-likeness (QED) is 0.679. The molecule has 29 heavy (non-hydrogen) atoms. The van der Waals surface area contributed by atoms with E-state index in [0.29, 0.717) is 41.8 Å². The molecule has 2 aromatic carbocycles. The Balaban J connectivity index is 1.45. The van der Waals surface area contributed by atoms with Crippen molar-refractivity contribution in [3.05, 3.63) is 63.9 Å². The number of fused-ring (bicyclic) bond motifs is 3. The summed E-state index contributed by atoms with van der Waals surface area (Å²) in [6, 6.07) is 10.6. The SMILES string of the molecule is O=C1/C(=C\c2ccc(Cl)cc2)Oc2c1ccc1c2CN(C2CCS(=O)(=O)C2)CO1. The number of Topliss-reactive ketones (excluding diaryl/α,β-unsaturated/α-hetero) is 1. The van der Waals surface area contributed by atoms with Crippen molar-refractivity contribution in [3.63, 3.8) is 0 Å². The predicted molar refractivity (Wildman–Crippen MR) is 109 cm³/mol. The van der Waals surface area contributed by atoms with Crippen LogP contribution in [0.2, 0.25) is 5.02 Å². The summed E-state index contributed by atoms with van der Waals surface area (Å²) >= 11 is 5.92. The van der Waals surface area contributed by atoms with Crippen molar-refractivity contribution < 1.29 is 22.7 Å². The first-order valence-corrected chi connectivity index (χ1v) is 11.5. The van der Waals surface area contributed by atoms with Gasteiger partial charge in [-0.3, -0.25) is 9.69 Å². The summed E-state index contributed by atoms with van der Waals surface area (Å²) in [6.45, 7) is 0.813. The Morgan fingerprint density at radius 1 is 1.14 bits per heavy atom. The summed E-state index contributed by atoms with van der Waals surface area (Å²) in [5, 5.41) is 0.620. The maximum absolute atomic E-state index is 12.8. The van der Waals surface area contributed by atoms with Gasteiger partial charge in [-0.15, -0.1) is 0 Å². The van der Waals surface area contributed by atoms with Crippen LogP contribution in [-0.2, 0) is 16.4 Å². The lowest BCUT2D eigenvalue weighted by Gasteiger charge is -2.33. The van der Waals surface area contributed by atoms with Crippen molar-refractivity contribution in [1.82, 2.24) is 4.90 Å². The third kappa shape index (κ3) is 3.43. The van der Waals surface area contributed by atoms with E-state index in [2.05, 4.69) is 0 Å². The Kier molecular flexibility index (Phi) is 4.42. The van der Waals surface area contributed by atoms with Gasteiger partial charge in [0.2, 0.25) is 5.78 Å². The maximum atomic E-state index is 12.8. The number of rotatable bonds is 2. The summed E-state index contributed by atoms with van der Waals surface area (Å²) in [5.74, 6) is 1.58. The van der Waals surface area contributed by atoms with Gasteiger partial charge >= 0.3 is 0 Å². The van der Waals surface area contributed by atoms with Crippen LogP contribution in [0, 0.1) is 0 Å². The second kappa shape index (κ2) is 6.86. The van der Waals surface area contributed by atoms with Gasteiger partial charge in [0.25, 0.3) is 0 Å². The van der Waals surface area contributed by atoms with Gasteiger partial charge in [0.05, 0.1) is 22.6 Å². The van der Waals surface area contributed by atoms with Crippen molar-refractivity contribution in [1.29, 1.82) is 0 Å². The fraction of sp³-hybridized carbons (Fsp3) is 0.286. The van der Waals surface area contributed by atoms with Crippen LogP contribution in [0.25, 0.3) is 6.08 Å². The number of carbonyl (C=O) groups excluding carboxylic acids is 1. The predicted octanol–water partition coefficient (Wildman–Crippen LogP) is 3.30. The molecule has 0 radical (unpaired) electrons. The summed E-state index contributed by atoms with van der Waals surface area (Å²) < 4.78 is 35.5. The van der Waals surface area contributed by atoms with Crippen molar-refractivity contribution in [2.45, 2.75) is 19.0 Å². The third-order valence-corrected chi connectivity index (χ3v) is 7.54. The van der Waals surface area contributed by atoms with E-state index in [1.807, 2.05) is 17.0 Å². The van der Waals surface area contributed by atoms with Crippen LogP contribution >= 0.6 is 11.6 Å². The number of hydrogen-bond acceptors (Lipinski definition) is 6. The average Bonchev–Trinajstić information content (AvgIpc) is 3.23. The Hall–Kier alpha value is -2.35. The molecule has 0 aliphatic carbocycles. The van der Waals surface area contributed by atoms with Gasteiger partial charge < -0.3 is 9.47 Å². The van der Waals surface area contributed by atoms with Gasteiger partial charge in [-0.25, -0.2) is 8.42 Å². The van der Waals surface area contributed by atoms with E-state index in [-0.39, 0.29) is 29.1 Å². The van der Waals surface area contributed by atoms with Crippen LogP contribution in [0.15, 0.2) is 42.2 Å². The Morgan fingerprint density at radius 3 is 2.66 bits per heavy atom. The molecule has 0 amide bonds. The normalized spacial score (nSPS) is 24.1. The highest BCUT2D eigenvalue weighted by Gasteiger charge is 2.38. The molecule has 1 saturated heterocycles. The molecule has 1 unspecified atom stereocenters. The van der Waals surface area contributed by atoms with Crippen LogP contribution in [0.3, 0.4) is 0 Å². The van der Waals surface area contributed by atoms with E-state index in [1.54, 1.807) is 30.3 Å². The molecule has 5 rings (SSSR count). The Bertz CT molecular complexity index is 1140. The molecular weight excluding hydrogens is 414 g/mol. The zero-order valence-corrected chi connectivity index (χ0v) is 17.0. The topological polar surface area (TPSA) is 72.9 Å². The van der Waals surface area contributed by atoms with Gasteiger partial charge in [-0.1, -0.05) is 23.7 Å². The molecule has 1 atom stereocenters. The summed E-state index contributed by atoms with van der Waals surface area (Å²) in [6.07, 6.45) is 2.29. The monoisotopic (exact) mass is 431 g/mol. The van der Waals surface area contributed by atoms with Crippen molar-refractivity contribution >= 4 is 33.3 Å². The van der Waals surface area contributed by atoms with E-state index in [0.717, 1.165) is 11.1 Å². The van der Waals surface area contributed by atoms with Crippen molar-refractivity contribution in [2.75, 3.05) is 18.2 Å². The first-order valence-electron chi connectivity index (χ1n) is 9.32. The minimum absolute atomic E-state index is 0.0785. The molecule has 0 N–H and O–H groups in total. The Labute approximate surface area is 173 Å². The maximum Gasteiger partial charge on any atom is 0.231 e. The number of sulfone groups is 1. The number of ketones is 1. The third-order valence-electron chi connectivity index (χ3n) is 5.54. The van der Waals surface area contributed by atoms with E-state index < -0.39 is 9.84 Å². The van der Waals surface area contributed by atoms with Gasteiger partial charge in [0.15, 0.2) is 15.6 Å². The number of ether oxygens (including phenoxy) is 2. The standard InChI is InChI=1S/C21H18ClNO5S/c22-14-3-1-13(2-4-14)9-19-20(24)16-5-6-18-17(21(16)28-19)10-23(12-27-18)15-7-8-29(25,26)11-15/h1-6,9,15H,7-8,10-12H2/b19-9+. The van der Waals surface area contributed by atoms with Crippen molar-refractivity contribution in [2.24, 2.45) is 0 Å². The number of carbonyl (C=O) groups is 1. The van der Waals surface area contributed by atoms with Crippen LogP contribution in [-0.4, -0.2) is 43.4 Å². The Morgan fingerprint density at radius 2 is 1.93 bits per heavy atom. The van der Waals surface area contributed by atoms with E-state index in [1.165, 1.54) is 0 Å². The van der Waals surface area contributed by atoms with E-state index in [9.17, 15) is 13.2 Å². The zero-order valence-electron chi connectivity index (χ0n) is 15.4. The molecule has 150 valence electrons. The number of halogens is 1. The molecule has 2 aromatic rings. The molecule has 6 nitrogen and oxygen atoms in total. The van der Waals surface area contributed by atoms with Crippen LogP contribution in [0.4, 0.5) is 0 Å². The smallest absolute Gasteiger partial charge is 0.231 e. The van der Waals surface area contributed by atoms with Gasteiger partial charge in [-0.2, -0.15) is 0 Å². The van der Waals surface area contributed by atoms with Crippen LogP contribution < -0.4 is 9.47 Å².